The van der Waals surface area contributed by atoms with Gasteiger partial charge in [0, 0.05) is 31.1 Å². The van der Waals surface area contributed by atoms with Crippen molar-refractivity contribution in [1.82, 2.24) is 25.4 Å². The fourth-order valence-corrected chi connectivity index (χ4v) is 2.22. The molecule has 1 aliphatic heterocycles. The minimum Gasteiger partial charge on any atom is -0.352 e. The van der Waals surface area contributed by atoms with Gasteiger partial charge in [0.15, 0.2) is 0 Å². The Bertz CT molecular complexity index is 604. The van der Waals surface area contributed by atoms with E-state index in [2.05, 4.69) is 20.7 Å². The molecule has 1 amide bonds. The zero-order valence-electron chi connectivity index (χ0n) is 11.3. The molecule has 2 aromatic rings. The van der Waals surface area contributed by atoms with Crippen LogP contribution >= 0.6 is 0 Å². The van der Waals surface area contributed by atoms with Crippen LogP contribution in [-0.2, 0) is 0 Å². The molecule has 6 nitrogen and oxygen atoms in total. The zero-order chi connectivity index (χ0) is 13.9. The van der Waals surface area contributed by atoms with Gasteiger partial charge in [0.1, 0.15) is 12.7 Å². The smallest absolute Gasteiger partial charge is 0.251 e. The Morgan fingerprint density at radius 1 is 1.50 bits per heavy atom. The molecule has 2 heterocycles. The standard InChI is InChI=1S/C14H17N5O/c1-10-4-12(14(20)17-7-11-5-15-6-11)2-3-13(10)19-9-16-8-18-19/h2-4,8-9,11,15H,5-7H2,1H3,(H,17,20). The molecule has 0 atom stereocenters. The lowest BCUT2D eigenvalue weighted by Gasteiger charge is -2.27. The second-order valence-electron chi connectivity index (χ2n) is 5.08. The number of hydrogen-bond acceptors (Lipinski definition) is 4. The summed E-state index contributed by atoms with van der Waals surface area (Å²) in [7, 11) is 0. The van der Waals surface area contributed by atoms with Crippen LogP contribution < -0.4 is 10.6 Å². The van der Waals surface area contributed by atoms with Gasteiger partial charge in [-0.15, -0.1) is 0 Å². The molecule has 0 unspecified atom stereocenters. The van der Waals surface area contributed by atoms with Crippen LogP contribution in [0.15, 0.2) is 30.9 Å². The second-order valence-corrected chi connectivity index (χ2v) is 5.08. The van der Waals surface area contributed by atoms with E-state index in [0.717, 1.165) is 30.9 Å². The Balaban J connectivity index is 1.71. The molecule has 1 saturated heterocycles. The van der Waals surface area contributed by atoms with Crippen molar-refractivity contribution >= 4 is 5.91 Å². The first kappa shape index (κ1) is 12.8. The number of amides is 1. The summed E-state index contributed by atoms with van der Waals surface area (Å²) in [4.78, 5) is 16.0. The summed E-state index contributed by atoms with van der Waals surface area (Å²) in [6.07, 6.45) is 3.14. The summed E-state index contributed by atoms with van der Waals surface area (Å²) in [5.74, 6) is 0.541. The molecule has 2 N–H and O–H groups in total. The van der Waals surface area contributed by atoms with Crippen molar-refractivity contribution in [2.24, 2.45) is 5.92 Å². The first-order valence-corrected chi connectivity index (χ1v) is 6.68. The fourth-order valence-electron chi connectivity index (χ4n) is 2.22. The van der Waals surface area contributed by atoms with Crippen LogP contribution in [-0.4, -0.2) is 40.3 Å². The highest BCUT2D eigenvalue weighted by molar-refractivity contribution is 5.94. The molecule has 6 heteroatoms. The first-order chi connectivity index (χ1) is 9.74. The number of nitrogens with zero attached hydrogens (tertiary/aromatic N) is 3. The highest BCUT2D eigenvalue weighted by Gasteiger charge is 2.17. The van der Waals surface area contributed by atoms with Crippen LogP contribution in [0.2, 0.25) is 0 Å². The third-order valence-electron chi connectivity index (χ3n) is 3.54. The Morgan fingerprint density at radius 3 is 2.95 bits per heavy atom. The fraction of sp³-hybridized carbons (Fsp3) is 0.357. The second kappa shape index (κ2) is 5.42. The number of nitrogens with one attached hydrogen (secondary N) is 2. The molecule has 0 radical (unpaired) electrons. The third kappa shape index (κ3) is 2.55. The molecule has 0 aliphatic carbocycles. The predicted molar refractivity (Wildman–Crippen MR) is 74.8 cm³/mol. The molecule has 1 fully saturated rings. The third-order valence-corrected chi connectivity index (χ3v) is 3.54. The van der Waals surface area contributed by atoms with Gasteiger partial charge in [0.05, 0.1) is 5.69 Å². The van der Waals surface area contributed by atoms with Crippen molar-refractivity contribution in [3.8, 4) is 5.69 Å². The van der Waals surface area contributed by atoms with Crippen LogP contribution in [0.3, 0.4) is 0 Å². The van der Waals surface area contributed by atoms with E-state index in [4.69, 9.17) is 0 Å². The monoisotopic (exact) mass is 271 g/mol. The minimum absolute atomic E-state index is 0.0230. The molecule has 0 spiro atoms. The van der Waals surface area contributed by atoms with Crippen molar-refractivity contribution < 1.29 is 4.79 Å². The van der Waals surface area contributed by atoms with E-state index in [0.29, 0.717) is 11.5 Å². The van der Waals surface area contributed by atoms with Crippen LogP contribution in [0.25, 0.3) is 5.69 Å². The van der Waals surface area contributed by atoms with E-state index in [9.17, 15) is 4.79 Å². The van der Waals surface area contributed by atoms with Crippen molar-refractivity contribution in [2.45, 2.75) is 6.92 Å². The molecule has 0 saturated carbocycles. The Kier molecular flexibility index (Phi) is 3.47. The summed E-state index contributed by atoms with van der Waals surface area (Å²) >= 11 is 0. The summed E-state index contributed by atoms with van der Waals surface area (Å²) in [5.41, 5.74) is 2.61. The predicted octanol–water partition coefficient (Wildman–Crippen LogP) is 0.525. The number of rotatable bonds is 4. The maximum atomic E-state index is 12.1. The molecule has 1 aliphatic rings. The lowest BCUT2D eigenvalue weighted by atomic mass is 10.0. The Labute approximate surface area is 117 Å². The quantitative estimate of drug-likeness (QED) is 0.850. The van der Waals surface area contributed by atoms with Crippen molar-refractivity contribution in [1.29, 1.82) is 0 Å². The van der Waals surface area contributed by atoms with E-state index in [-0.39, 0.29) is 5.91 Å². The van der Waals surface area contributed by atoms with Crippen LogP contribution in [0.5, 0.6) is 0 Å². The minimum atomic E-state index is -0.0230. The van der Waals surface area contributed by atoms with Crippen LogP contribution in [0.1, 0.15) is 15.9 Å². The van der Waals surface area contributed by atoms with Gasteiger partial charge in [-0.05, 0) is 30.7 Å². The molecular weight excluding hydrogens is 254 g/mol. The largest absolute Gasteiger partial charge is 0.352 e. The van der Waals surface area contributed by atoms with Crippen molar-refractivity contribution in [3.05, 3.63) is 42.0 Å². The molecular formula is C14H17N5O. The van der Waals surface area contributed by atoms with Gasteiger partial charge in [-0.2, -0.15) is 5.10 Å². The molecule has 104 valence electrons. The molecule has 3 rings (SSSR count). The van der Waals surface area contributed by atoms with E-state index in [1.807, 2.05) is 25.1 Å². The van der Waals surface area contributed by atoms with Gasteiger partial charge in [-0.1, -0.05) is 0 Å². The van der Waals surface area contributed by atoms with Gasteiger partial charge in [-0.25, -0.2) is 9.67 Å². The topological polar surface area (TPSA) is 71.8 Å². The summed E-state index contributed by atoms with van der Waals surface area (Å²) in [6, 6.07) is 5.59. The van der Waals surface area contributed by atoms with E-state index in [1.165, 1.54) is 6.33 Å². The van der Waals surface area contributed by atoms with Gasteiger partial charge in [0.25, 0.3) is 5.91 Å². The maximum absolute atomic E-state index is 12.1. The van der Waals surface area contributed by atoms with Gasteiger partial charge in [0.2, 0.25) is 0 Å². The molecule has 1 aromatic carbocycles. The number of carbonyl (C=O) groups excluding carboxylic acids is 1. The lowest BCUT2D eigenvalue weighted by molar-refractivity contribution is 0.0942. The average Bonchev–Trinajstić information content (AvgIpc) is 2.90. The number of hydrogen-bond donors (Lipinski definition) is 2. The highest BCUT2D eigenvalue weighted by atomic mass is 16.1. The van der Waals surface area contributed by atoms with Crippen molar-refractivity contribution in [3.63, 3.8) is 0 Å². The zero-order valence-corrected chi connectivity index (χ0v) is 11.3. The Hall–Kier alpha value is -2.21. The van der Waals surface area contributed by atoms with Gasteiger partial charge >= 0.3 is 0 Å². The number of carbonyl (C=O) groups is 1. The van der Waals surface area contributed by atoms with Crippen LogP contribution in [0.4, 0.5) is 0 Å². The van der Waals surface area contributed by atoms with E-state index >= 15 is 0 Å². The van der Waals surface area contributed by atoms with Crippen LogP contribution in [0, 0.1) is 12.8 Å². The average molecular weight is 271 g/mol. The van der Waals surface area contributed by atoms with Crippen molar-refractivity contribution in [2.75, 3.05) is 19.6 Å². The lowest BCUT2D eigenvalue weighted by Crippen LogP contribution is -2.48. The van der Waals surface area contributed by atoms with Gasteiger partial charge < -0.3 is 10.6 Å². The highest BCUT2D eigenvalue weighted by Crippen LogP contribution is 2.14. The normalized spacial score (nSPS) is 14.8. The summed E-state index contributed by atoms with van der Waals surface area (Å²) in [5, 5.41) is 10.3. The van der Waals surface area contributed by atoms with Gasteiger partial charge in [-0.3, -0.25) is 4.79 Å². The molecule has 0 bridgehead atoms. The summed E-state index contributed by atoms with van der Waals surface area (Å²) in [6.45, 7) is 4.68. The van der Waals surface area contributed by atoms with E-state index < -0.39 is 0 Å². The van der Waals surface area contributed by atoms with E-state index in [1.54, 1.807) is 11.0 Å². The maximum Gasteiger partial charge on any atom is 0.251 e. The number of aryl methyl sites for hydroxylation is 1. The molecule has 1 aromatic heterocycles. The molecule has 20 heavy (non-hydrogen) atoms. The Morgan fingerprint density at radius 2 is 2.35 bits per heavy atom. The SMILES string of the molecule is Cc1cc(C(=O)NCC2CNC2)ccc1-n1cncn1. The number of aromatic nitrogens is 3. The summed E-state index contributed by atoms with van der Waals surface area (Å²) < 4.78 is 1.69. The number of benzene rings is 1. The first-order valence-electron chi connectivity index (χ1n) is 6.68.